The van der Waals surface area contributed by atoms with Gasteiger partial charge >= 0.3 is 18.1 Å². The Bertz CT molecular complexity index is 986. The second-order valence-electron chi connectivity index (χ2n) is 7.39. The van der Waals surface area contributed by atoms with Crippen molar-refractivity contribution in [1.29, 1.82) is 0 Å². The summed E-state index contributed by atoms with van der Waals surface area (Å²) >= 11 is 0. The van der Waals surface area contributed by atoms with Crippen molar-refractivity contribution in [2.24, 2.45) is 5.92 Å². The van der Waals surface area contributed by atoms with Crippen LogP contribution in [-0.4, -0.2) is 49.6 Å². The lowest BCUT2D eigenvalue weighted by Gasteiger charge is -2.31. The van der Waals surface area contributed by atoms with Gasteiger partial charge < -0.3 is 19.7 Å². The van der Waals surface area contributed by atoms with Crippen LogP contribution in [0.25, 0.3) is 0 Å². The molecule has 11 heteroatoms. The highest BCUT2D eigenvalue weighted by molar-refractivity contribution is 5.94. The number of anilines is 2. The second-order valence-corrected chi connectivity index (χ2v) is 7.39. The van der Waals surface area contributed by atoms with Crippen LogP contribution >= 0.6 is 0 Å². The van der Waals surface area contributed by atoms with E-state index in [1.54, 1.807) is 4.90 Å². The lowest BCUT2D eigenvalue weighted by atomic mass is 9.97. The van der Waals surface area contributed by atoms with Crippen molar-refractivity contribution in [3.63, 3.8) is 0 Å². The van der Waals surface area contributed by atoms with Crippen LogP contribution in [0.15, 0.2) is 42.6 Å². The fraction of sp³-hybridized carbons (Fsp3) is 0.364. The molecule has 0 saturated carbocycles. The van der Waals surface area contributed by atoms with E-state index in [1.165, 1.54) is 37.4 Å². The van der Waals surface area contributed by atoms with E-state index in [9.17, 15) is 27.6 Å². The largest absolute Gasteiger partial charge is 0.465 e. The zero-order chi connectivity index (χ0) is 24.0. The van der Waals surface area contributed by atoms with Crippen molar-refractivity contribution in [3.05, 3.63) is 53.7 Å². The number of rotatable bonds is 6. The molecular formula is C22H22F3N3O5. The summed E-state index contributed by atoms with van der Waals surface area (Å²) in [6.45, 7) is 0.395. The number of nitrogens with one attached hydrogen (secondary N) is 1. The van der Waals surface area contributed by atoms with Gasteiger partial charge in [0.25, 0.3) is 5.91 Å². The highest BCUT2D eigenvalue weighted by atomic mass is 19.4. The number of nitrogens with zero attached hydrogens (tertiary/aromatic N) is 2. The van der Waals surface area contributed by atoms with Crippen molar-refractivity contribution in [1.82, 2.24) is 4.98 Å². The Morgan fingerprint density at radius 3 is 2.30 bits per heavy atom. The maximum Gasteiger partial charge on any atom is 0.417 e. The van der Waals surface area contributed by atoms with Gasteiger partial charge in [0.15, 0.2) is 6.61 Å². The first kappa shape index (κ1) is 24.0. The smallest absolute Gasteiger partial charge is 0.417 e. The van der Waals surface area contributed by atoms with Crippen molar-refractivity contribution in [2.45, 2.75) is 19.0 Å². The van der Waals surface area contributed by atoms with E-state index in [4.69, 9.17) is 4.74 Å². The Morgan fingerprint density at radius 1 is 1.09 bits per heavy atom. The monoisotopic (exact) mass is 465 g/mol. The second kappa shape index (κ2) is 10.3. The third kappa shape index (κ3) is 6.43. The predicted octanol–water partition coefficient (Wildman–Crippen LogP) is 3.29. The zero-order valence-corrected chi connectivity index (χ0v) is 17.7. The number of carbonyl (C=O) groups excluding carboxylic acids is 3. The van der Waals surface area contributed by atoms with Gasteiger partial charge in [-0.25, -0.2) is 9.78 Å². The number of hydrogen-bond acceptors (Lipinski definition) is 7. The van der Waals surface area contributed by atoms with Crippen molar-refractivity contribution in [3.8, 4) is 0 Å². The van der Waals surface area contributed by atoms with Crippen LogP contribution in [0.2, 0.25) is 0 Å². The summed E-state index contributed by atoms with van der Waals surface area (Å²) < 4.78 is 47.7. The number of piperidine rings is 1. The molecule has 33 heavy (non-hydrogen) atoms. The van der Waals surface area contributed by atoms with Gasteiger partial charge in [0, 0.05) is 25.0 Å². The minimum absolute atomic E-state index is 0.333. The van der Waals surface area contributed by atoms with Gasteiger partial charge in [-0.3, -0.25) is 9.59 Å². The lowest BCUT2D eigenvalue weighted by molar-refractivity contribution is -0.152. The van der Waals surface area contributed by atoms with Crippen LogP contribution in [0, 0.1) is 5.92 Å². The number of carbonyl (C=O) groups is 3. The Hall–Kier alpha value is -3.63. The van der Waals surface area contributed by atoms with E-state index in [0.29, 0.717) is 43.0 Å². The summed E-state index contributed by atoms with van der Waals surface area (Å²) in [5.74, 6) is -1.54. The first-order valence-corrected chi connectivity index (χ1v) is 10.1. The molecule has 3 rings (SSSR count). The van der Waals surface area contributed by atoms with E-state index in [-0.39, 0.29) is 0 Å². The van der Waals surface area contributed by atoms with Crippen molar-refractivity contribution < 1.29 is 37.0 Å². The lowest BCUT2D eigenvalue weighted by Crippen LogP contribution is -2.38. The minimum Gasteiger partial charge on any atom is -0.465 e. The Balaban J connectivity index is 1.42. The third-order valence-electron chi connectivity index (χ3n) is 5.16. The van der Waals surface area contributed by atoms with Crippen LogP contribution in [0.5, 0.6) is 0 Å². The summed E-state index contributed by atoms with van der Waals surface area (Å²) in [6, 6.07) is 8.32. The predicted molar refractivity (Wildman–Crippen MR) is 112 cm³/mol. The maximum atomic E-state index is 12.7. The number of esters is 2. The molecule has 1 aliphatic heterocycles. The van der Waals surface area contributed by atoms with Crippen molar-refractivity contribution >= 4 is 29.4 Å². The molecule has 2 aromatic rings. The molecule has 0 spiro atoms. The molecule has 176 valence electrons. The Morgan fingerprint density at radius 2 is 1.76 bits per heavy atom. The quantitative estimate of drug-likeness (QED) is 0.654. The average molecular weight is 465 g/mol. The molecule has 2 heterocycles. The molecule has 0 bridgehead atoms. The van der Waals surface area contributed by atoms with E-state index < -0.39 is 42.1 Å². The molecule has 1 aromatic carbocycles. The van der Waals surface area contributed by atoms with E-state index in [0.717, 1.165) is 12.3 Å². The highest BCUT2D eigenvalue weighted by Crippen LogP contribution is 2.30. The van der Waals surface area contributed by atoms with Gasteiger partial charge in [0.05, 0.1) is 24.2 Å². The van der Waals surface area contributed by atoms with Crippen LogP contribution in [0.1, 0.15) is 28.8 Å². The molecule has 1 aromatic heterocycles. The molecule has 1 fully saturated rings. The molecule has 0 radical (unpaired) electrons. The summed E-state index contributed by atoms with van der Waals surface area (Å²) in [6.07, 6.45) is -2.80. The molecule has 0 unspecified atom stereocenters. The van der Waals surface area contributed by atoms with Gasteiger partial charge in [0.2, 0.25) is 0 Å². The molecule has 1 N–H and O–H groups in total. The number of amides is 1. The first-order valence-electron chi connectivity index (χ1n) is 10.1. The first-order chi connectivity index (χ1) is 15.7. The van der Waals surface area contributed by atoms with Crippen LogP contribution in [0.3, 0.4) is 0 Å². The minimum atomic E-state index is -4.44. The van der Waals surface area contributed by atoms with Crippen LogP contribution < -0.4 is 10.2 Å². The van der Waals surface area contributed by atoms with Gasteiger partial charge in [-0.15, -0.1) is 0 Å². The Labute approximate surface area is 187 Å². The molecule has 0 atom stereocenters. The van der Waals surface area contributed by atoms with Gasteiger partial charge in [-0.2, -0.15) is 13.2 Å². The summed E-state index contributed by atoms with van der Waals surface area (Å²) in [5, 5.41) is 2.56. The average Bonchev–Trinajstić information content (AvgIpc) is 2.82. The van der Waals surface area contributed by atoms with Crippen LogP contribution in [0.4, 0.5) is 24.7 Å². The number of ether oxygens (including phenoxy) is 2. The zero-order valence-electron chi connectivity index (χ0n) is 17.7. The number of benzene rings is 1. The number of halogens is 3. The Kier molecular flexibility index (Phi) is 7.52. The van der Waals surface area contributed by atoms with Gasteiger partial charge in [0.1, 0.15) is 5.82 Å². The number of aromatic nitrogens is 1. The van der Waals surface area contributed by atoms with Gasteiger partial charge in [-0.05, 0) is 49.2 Å². The topological polar surface area (TPSA) is 97.8 Å². The van der Waals surface area contributed by atoms with E-state index in [2.05, 4.69) is 15.0 Å². The molecular weight excluding hydrogens is 443 g/mol. The maximum absolute atomic E-state index is 12.7. The summed E-state index contributed by atoms with van der Waals surface area (Å²) in [7, 11) is 1.27. The third-order valence-corrected chi connectivity index (χ3v) is 5.16. The highest BCUT2D eigenvalue weighted by Gasteiger charge is 2.31. The van der Waals surface area contributed by atoms with Crippen molar-refractivity contribution in [2.75, 3.05) is 37.0 Å². The molecule has 0 aliphatic carbocycles. The number of methoxy groups -OCH3 is 1. The van der Waals surface area contributed by atoms with Crippen LogP contribution in [-0.2, 0) is 25.2 Å². The van der Waals surface area contributed by atoms with Gasteiger partial charge in [-0.1, -0.05) is 0 Å². The summed E-state index contributed by atoms with van der Waals surface area (Å²) in [4.78, 5) is 41.4. The van der Waals surface area contributed by atoms with E-state index in [1.807, 2.05) is 0 Å². The molecule has 1 amide bonds. The normalized spacial score (nSPS) is 14.5. The molecule has 1 aliphatic rings. The standard InChI is InChI=1S/C22H22F3N3O5/c1-32-20(30)14-2-5-17(6-3-14)27-19(29)13-33-21(31)15-8-10-28(11-9-15)18-7-4-16(12-26-18)22(23,24)25/h2-7,12,15H,8-11,13H2,1H3,(H,27,29). The summed E-state index contributed by atoms with van der Waals surface area (Å²) in [5.41, 5.74) is -0.0526. The molecule has 8 nitrogen and oxygen atoms in total. The number of hydrogen-bond donors (Lipinski definition) is 1. The molecule has 1 saturated heterocycles. The van der Waals surface area contributed by atoms with E-state index >= 15 is 0 Å². The fourth-order valence-electron chi connectivity index (χ4n) is 3.34. The fourth-order valence-corrected chi connectivity index (χ4v) is 3.34. The number of pyridine rings is 1. The number of alkyl halides is 3. The SMILES string of the molecule is COC(=O)c1ccc(NC(=O)COC(=O)C2CCN(c3ccc(C(F)(F)F)cn3)CC2)cc1.